The largest absolute Gasteiger partial charge is 0.493 e. The van der Waals surface area contributed by atoms with Crippen LogP contribution in [-0.2, 0) is 17.8 Å². The van der Waals surface area contributed by atoms with Crippen molar-refractivity contribution in [3.8, 4) is 17.0 Å². The number of nitrogens with zero attached hydrogens (tertiary/aromatic N) is 2. The molecule has 7 nitrogen and oxygen atoms in total. The SMILES string of the molecule is CCCCc1cccc(-c2cc(Nc3cccc(CO)n3)c(C=N)c(OCCCOC)c2)n1. The van der Waals surface area contributed by atoms with Gasteiger partial charge in [0.25, 0.3) is 0 Å². The van der Waals surface area contributed by atoms with Crippen LogP contribution in [0, 0.1) is 5.41 Å². The maximum absolute atomic E-state index is 9.43. The first-order valence-electron chi connectivity index (χ1n) is 11.3. The Morgan fingerprint density at radius 3 is 2.61 bits per heavy atom. The van der Waals surface area contributed by atoms with Gasteiger partial charge in [-0.1, -0.05) is 25.5 Å². The van der Waals surface area contributed by atoms with Crippen molar-refractivity contribution in [2.75, 3.05) is 25.6 Å². The summed E-state index contributed by atoms with van der Waals surface area (Å²) in [6.45, 7) is 3.10. The number of anilines is 2. The van der Waals surface area contributed by atoms with Crippen molar-refractivity contribution in [3.05, 3.63) is 65.5 Å². The molecule has 0 atom stereocenters. The second kappa shape index (κ2) is 12.7. The van der Waals surface area contributed by atoms with E-state index in [9.17, 15) is 5.11 Å². The fourth-order valence-electron chi connectivity index (χ4n) is 3.44. The quantitative estimate of drug-likeness (QED) is 0.247. The van der Waals surface area contributed by atoms with Crippen LogP contribution in [-0.4, -0.2) is 41.6 Å². The van der Waals surface area contributed by atoms with E-state index < -0.39 is 0 Å². The fraction of sp³-hybridized carbons (Fsp3) is 0.346. The minimum atomic E-state index is -0.144. The summed E-state index contributed by atoms with van der Waals surface area (Å²) in [6.07, 6.45) is 5.17. The Morgan fingerprint density at radius 1 is 1.03 bits per heavy atom. The van der Waals surface area contributed by atoms with Crippen LogP contribution in [0.4, 0.5) is 11.5 Å². The van der Waals surface area contributed by atoms with Crippen LogP contribution < -0.4 is 10.1 Å². The molecule has 0 spiro atoms. The van der Waals surface area contributed by atoms with Crippen LogP contribution in [0.3, 0.4) is 0 Å². The van der Waals surface area contributed by atoms with Gasteiger partial charge >= 0.3 is 0 Å². The van der Waals surface area contributed by atoms with Gasteiger partial charge in [0, 0.05) is 37.6 Å². The van der Waals surface area contributed by atoms with Gasteiger partial charge in [0.2, 0.25) is 0 Å². The third-order valence-electron chi connectivity index (χ3n) is 5.16. The molecule has 1 aromatic carbocycles. The number of nitrogens with one attached hydrogen (secondary N) is 2. The maximum atomic E-state index is 9.43. The lowest BCUT2D eigenvalue weighted by Gasteiger charge is -2.17. The Labute approximate surface area is 195 Å². The van der Waals surface area contributed by atoms with Crippen molar-refractivity contribution in [1.29, 1.82) is 5.41 Å². The fourth-order valence-corrected chi connectivity index (χ4v) is 3.44. The summed E-state index contributed by atoms with van der Waals surface area (Å²) in [5, 5.41) is 20.7. The molecule has 0 fully saturated rings. The number of hydrogen-bond acceptors (Lipinski definition) is 7. The number of benzene rings is 1. The van der Waals surface area contributed by atoms with E-state index in [4.69, 9.17) is 19.9 Å². The van der Waals surface area contributed by atoms with Crippen molar-refractivity contribution < 1.29 is 14.6 Å². The van der Waals surface area contributed by atoms with Gasteiger partial charge in [-0.05, 0) is 49.2 Å². The number of unbranched alkanes of at least 4 members (excludes halogenated alkanes) is 1. The summed E-state index contributed by atoms with van der Waals surface area (Å²) in [5.41, 5.74) is 4.67. The molecule has 174 valence electrons. The first-order chi connectivity index (χ1) is 16.2. The molecular formula is C26H32N4O3. The predicted molar refractivity (Wildman–Crippen MR) is 132 cm³/mol. The summed E-state index contributed by atoms with van der Waals surface area (Å²) < 4.78 is 11.2. The normalized spacial score (nSPS) is 10.8. The van der Waals surface area contributed by atoms with Gasteiger partial charge < -0.3 is 25.3 Å². The summed E-state index contributed by atoms with van der Waals surface area (Å²) >= 11 is 0. The first-order valence-corrected chi connectivity index (χ1v) is 11.3. The zero-order chi connectivity index (χ0) is 23.5. The van der Waals surface area contributed by atoms with E-state index in [0.29, 0.717) is 41.7 Å². The zero-order valence-corrected chi connectivity index (χ0v) is 19.3. The molecule has 0 saturated heterocycles. The second-order valence-electron chi connectivity index (χ2n) is 7.69. The number of aromatic nitrogens is 2. The number of pyridine rings is 2. The Hall–Kier alpha value is -3.29. The Morgan fingerprint density at radius 2 is 1.85 bits per heavy atom. The van der Waals surface area contributed by atoms with Gasteiger partial charge in [-0.15, -0.1) is 0 Å². The number of rotatable bonds is 13. The van der Waals surface area contributed by atoms with Crippen LogP contribution >= 0.6 is 0 Å². The Kier molecular flexibility index (Phi) is 9.35. The minimum Gasteiger partial charge on any atom is -0.493 e. The third kappa shape index (κ3) is 6.84. The van der Waals surface area contributed by atoms with Gasteiger partial charge in [0.1, 0.15) is 11.6 Å². The molecule has 3 rings (SSSR count). The molecule has 0 radical (unpaired) electrons. The zero-order valence-electron chi connectivity index (χ0n) is 19.3. The average molecular weight is 449 g/mol. The molecule has 33 heavy (non-hydrogen) atoms. The number of hydrogen-bond donors (Lipinski definition) is 3. The minimum absolute atomic E-state index is 0.144. The van der Waals surface area contributed by atoms with E-state index in [-0.39, 0.29) is 6.61 Å². The van der Waals surface area contributed by atoms with Crippen LogP contribution in [0.15, 0.2) is 48.5 Å². The standard InChI is InChI=1S/C26H32N4O3/c1-3-4-8-20-9-5-11-23(28-20)19-15-24(30-26-12-6-10-21(18-31)29-26)22(17-27)25(16-19)33-14-7-13-32-2/h5-6,9-12,15-17,27,31H,3-4,7-8,13-14,18H2,1-2H3,(H,29,30). The lowest BCUT2D eigenvalue weighted by Crippen LogP contribution is -2.06. The molecule has 0 amide bonds. The van der Waals surface area contributed by atoms with E-state index in [2.05, 4.69) is 23.3 Å². The van der Waals surface area contributed by atoms with Gasteiger partial charge in [0.05, 0.1) is 35.9 Å². The maximum Gasteiger partial charge on any atom is 0.130 e. The van der Waals surface area contributed by atoms with Crippen molar-refractivity contribution in [3.63, 3.8) is 0 Å². The molecule has 0 aliphatic rings. The summed E-state index contributed by atoms with van der Waals surface area (Å²) in [5.74, 6) is 1.18. The monoisotopic (exact) mass is 448 g/mol. The van der Waals surface area contributed by atoms with Gasteiger partial charge in [-0.2, -0.15) is 0 Å². The first kappa shape index (κ1) is 24.4. The molecule has 0 bridgehead atoms. The highest BCUT2D eigenvalue weighted by atomic mass is 16.5. The molecule has 3 aromatic rings. The Balaban J connectivity index is 2.01. The number of aliphatic hydroxyl groups excluding tert-OH is 1. The van der Waals surface area contributed by atoms with E-state index in [1.165, 1.54) is 6.21 Å². The number of methoxy groups -OCH3 is 1. The highest BCUT2D eigenvalue weighted by Crippen LogP contribution is 2.34. The molecule has 3 N–H and O–H groups in total. The van der Waals surface area contributed by atoms with Gasteiger partial charge in [-0.25, -0.2) is 4.98 Å². The highest BCUT2D eigenvalue weighted by Gasteiger charge is 2.14. The lowest BCUT2D eigenvalue weighted by atomic mass is 10.0. The van der Waals surface area contributed by atoms with Crippen LogP contribution in [0.2, 0.25) is 0 Å². The van der Waals surface area contributed by atoms with Crippen LogP contribution in [0.5, 0.6) is 5.75 Å². The molecule has 0 unspecified atom stereocenters. The van der Waals surface area contributed by atoms with E-state index in [1.807, 2.05) is 36.4 Å². The topological polar surface area (TPSA) is 100 Å². The molecular weight excluding hydrogens is 416 g/mol. The highest BCUT2D eigenvalue weighted by molar-refractivity contribution is 5.93. The van der Waals surface area contributed by atoms with Crippen molar-refractivity contribution >= 4 is 17.7 Å². The number of aliphatic hydroxyl groups is 1. The van der Waals surface area contributed by atoms with Crippen LogP contribution in [0.25, 0.3) is 11.3 Å². The lowest BCUT2D eigenvalue weighted by molar-refractivity contribution is 0.172. The van der Waals surface area contributed by atoms with E-state index >= 15 is 0 Å². The predicted octanol–water partition coefficient (Wildman–Crippen LogP) is 5.14. The Bertz CT molecular complexity index is 1060. The smallest absolute Gasteiger partial charge is 0.130 e. The second-order valence-corrected chi connectivity index (χ2v) is 7.69. The average Bonchev–Trinajstić information content (AvgIpc) is 2.85. The third-order valence-corrected chi connectivity index (χ3v) is 5.16. The van der Waals surface area contributed by atoms with Crippen molar-refractivity contribution in [2.45, 2.75) is 39.2 Å². The van der Waals surface area contributed by atoms with Gasteiger partial charge in [-0.3, -0.25) is 4.98 Å². The van der Waals surface area contributed by atoms with Gasteiger partial charge in [0.15, 0.2) is 0 Å². The summed E-state index contributed by atoms with van der Waals surface area (Å²) in [7, 11) is 1.66. The molecule has 7 heteroatoms. The van der Waals surface area contributed by atoms with E-state index in [0.717, 1.165) is 42.6 Å². The molecule has 2 aromatic heterocycles. The van der Waals surface area contributed by atoms with Crippen molar-refractivity contribution in [1.82, 2.24) is 9.97 Å². The van der Waals surface area contributed by atoms with Crippen molar-refractivity contribution in [2.24, 2.45) is 0 Å². The number of ether oxygens (including phenoxy) is 2. The molecule has 0 aliphatic heterocycles. The van der Waals surface area contributed by atoms with E-state index in [1.54, 1.807) is 13.2 Å². The summed E-state index contributed by atoms with van der Waals surface area (Å²) in [4.78, 5) is 9.27. The van der Waals surface area contributed by atoms with Crippen LogP contribution in [0.1, 0.15) is 43.1 Å². The molecule has 0 saturated carbocycles. The molecule has 0 aliphatic carbocycles. The summed E-state index contributed by atoms with van der Waals surface area (Å²) in [6, 6.07) is 15.4. The number of aryl methyl sites for hydroxylation is 1. The molecule has 2 heterocycles.